The summed E-state index contributed by atoms with van der Waals surface area (Å²) in [5.41, 5.74) is 3.35. The molecule has 0 aliphatic rings. The van der Waals surface area contributed by atoms with E-state index in [-0.39, 0.29) is 0 Å². The first kappa shape index (κ1) is 13.5. The lowest BCUT2D eigenvalue weighted by Crippen LogP contribution is -2.13. The quantitative estimate of drug-likeness (QED) is 0.862. The Bertz CT molecular complexity index is 536. The molecular weight excluding hydrogens is 240 g/mol. The second kappa shape index (κ2) is 6.33. The van der Waals surface area contributed by atoms with Gasteiger partial charge in [-0.3, -0.25) is 0 Å². The smallest absolute Gasteiger partial charge is 0.121 e. The fourth-order valence-corrected chi connectivity index (χ4v) is 1.95. The van der Waals surface area contributed by atoms with Gasteiger partial charge in [0.2, 0.25) is 0 Å². The highest BCUT2D eigenvalue weighted by molar-refractivity contribution is 5.36. The standard InChI is InChI=1S/C14H20N4O/c1-4-18-16-10-13(17-18)9-15-8-12-5-6-14(19-3)11(2)7-12/h5-7,10,15H,4,8-9H2,1-3H3. The molecule has 2 rings (SSSR count). The topological polar surface area (TPSA) is 52.0 Å². The third-order valence-corrected chi connectivity index (χ3v) is 2.96. The lowest BCUT2D eigenvalue weighted by molar-refractivity contribution is 0.411. The highest BCUT2D eigenvalue weighted by atomic mass is 16.5. The normalized spacial score (nSPS) is 10.7. The Balaban J connectivity index is 1.87. The minimum atomic E-state index is 0.727. The predicted molar refractivity (Wildman–Crippen MR) is 74.0 cm³/mol. The van der Waals surface area contributed by atoms with E-state index in [1.165, 1.54) is 5.56 Å². The summed E-state index contributed by atoms with van der Waals surface area (Å²) in [6.07, 6.45) is 1.80. The molecule has 102 valence electrons. The van der Waals surface area contributed by atoms with E-state index in [9.17, 15) is 0 Å². The molecule has 0 aliphatic carbocycles. The van der Waals surface area contributed by atoms with Gasteiger partial charge in [0.05, 0.1) is 25.5 Å². The average Bonchev–Trinajstić information content (AvgIpc) is 2.87. The third kappa shape index (κ3) is 3.54. The summed E-state index contributed by atoms with van der Waals surface area (Å²) in [6, 6.07) is 6.20. The number of hydrogen-bond donors (Lipinski definition) is 1. The number of methoxy groups -OCH3 is 1. The van der Waals surface area contributed by atoms with E-state index in [1.807, 2.05) is 13.0 Å². The average molecular weight is 260 g/mol. The van der Waals surface area contributed by atoms with Gasteiger partial charge in [0, 0.05) is 13.1 Å². The van der Waals surface area contributed by atoms with Crippen molar-refractivity contribution in [3.05, 3.63) is 41.2 Å². The zero-order valence-electron chi connectivity index (χ0n) is 11.7. The Morgan fingerprint density at radius 1 is 1.32 bits per heavy atom. The second-order valence-corrected chi connectivity index (χ2v) is 4.43. The lowest BCUT2D eigenvalue weighted by Gasteiger charge is -2.07. The van der Waals surface area contributed by atoms with Crippen molar-refractivity contribution in [3.63, 3.8) is 0 Å². The molecule has 0 saturated heterocycles. The van der Waals surface area contributed by atoms with Crippen molar-refractivity contribution < 1.29 is 4.74 Å². The molecule has 0 spiro atoms. The highest BCUT2D eigenvalue weighted by Crippen LogP contribution is 2.18. The van der Waals surface area contributed by atoms with E-state index in [0.717, 1.165) is 36.6 Å². The number of rotatable bonds is 6. The van der Waals surface area contributed by atoms with Crippen LogP contribution in [0.4, 0.5) is 0 Å². The Morgan fingerprint density at radius 3 is 2.79 bits per heavy atom. The molecule has 1 aromatic carbocycles. The minimum absolute atomic E-state index is 0.727. The van der Waals surface area contributed by atoms with Gasteiger partial charge in [0.15, 0.2) is 0 Å². The van der Waals surface area contributed by atoms with E-state index < -0.39 is 0 Å². The molecule has 0 aliphatic heterocycles. The van der Waals surface area contributed by atoms with E-state index >= 15 is 0 Å². The molecule has 1 heterocycles. The maximum absolute atomic E-state index is 5.25. The summed E-state index contributed by atoms with van der Waals surface area (Å²) in [5.74, 6) is 0.926. The van der Waals surface area contributed by atoms with Crippen molar-refractivity contribution in [2.24, 2.45) is 0 Å². The van der Waals surface area contributed by atoms with E-state index in [2.05, 4.69) is 34.6 Å². The van der Waals surface area contributed by atoms with E-state index in [4.69, 9.17) is 4.74 Å². The molecule has 5 nitrogen and oxygen atoms in total. The van der Waals surface area contributed by atoms with Crippen LogP contribution in [-0.2, 0) is 19.6 Å². The Labute approximate surface area is 113 Å². The molecule has 19 heavy (non-hydrogen) atoms. The first-order valence-corrected chi connectivity index (χ1v) is 6.46. The van der Waals surface area contributed by atoms with Crippen LogP contribution in [0.15, 0.2) is 24.4 Å². The molecule has 0 saturated carbocycles. The number of nitrogens with zero attached hydrogens (tertiary/aromatic N) is 3. The molecule has 0 fully saturated rings. The third-order valence-electron chi connectivity index (χ3n) is 2.96. The predicted octanol–water partition coefficient (Wildman–Crippen LogP) is 1.90. The number of aromatic nitrogens is 3. The molecule has 2 aromatic rings. The first-order chi connectivity index (χ1) is 9.22. The van der Waals surface area contributed by atoms with Crippen molar-refractivity contribution in [2.45, 2.75) is 33.5 Å². The van der Waals surface area contributed by atoms with Gasteiger partial charge >= 0.3 is 0 Å². The van der Waals surface area contributed by atoms with Crippen LogP contribution in [0.1, 0.15) is 23.7 Å². The Kier molecular flexibility index (Phi) is 4.52. The molecular formula is C14H20N4O. The number of ether oxygens (including phenoxy) is 1. The zero-order chi connectivity index (χ0) is 13.7. The molecule has 1 aromatic heterocycles. The van der Waals surface area contributed by atoms with E-state index in [1.54, 1.807) is 18.1 Å². The van der Waals surface area contributed by atoms with Crippen LogP contribution < -0.4 is 10.1 Å². The second-order valence-electron chi connectivity index (χ2n) is 4.43. The monoisotopic (exact) mass is 260 g/mol. The van der Waals surface area contributed by atoms with Crippen LogP contribution in [0.5, 0.6) is 5.75 Å². The number of nitrogens with one attached hydrogen (secondary N) is 1. The van der Waals surface area contributed by atoms with Crippen LogP contribution >= 0.6 is 0 Å². The molecule has 0 amide bonds. The SMILES string of the molecule is CCn1ncc(CNCc2ccc(OC)c(C)c2)n1. The van der Waals surface area contributed by atoms with Gasteiger partial charge in [-0.25, -0.2) is 0 Å². The Hall–Kier alpha value is -1.88. The summed E-state index contributed by atoms with van der Waals surface area (Å²) >= 11 is 0. The van der Waals surface area contributed by atoms with Crippen molar-refractivity contribution >= 4 is 0 Å². The van der Waals surface area contributed by atoms with Crippen LogP contribution in [0.3, 0.4) is 0 Å². The maximum Gasteiger partial charge on any atom is 0.121 e. The number of hydrogen-bond acceptors (Lipinski definition) is 4. The molecule has 0 atom stereocenters. The van der Waals surface area contributed by atoms with Crippen LogP contribution in [-0.4, -0.2) is 22.1 Å². The minimum Gasteiger partial charge on any atom is -0.496 e. The maximum atomic E-state index is 5.25. The van der Waals surface area contributed by atoms with Crippen molar-refractivity contribution in [3.8, 4) is 5.75 Å². The highest BCUT2D eigenvalue weighted by Gasteiger charge is 2.01. The Morgan fingerprint density at radius 2 is 2.16 bits per heavy atom. The lowest BCUT2D eigenvalue weighted by atomic mass is 10.1. The number of aryl methyl sites for hydroxylation is 2. The fourth-order valence-electron chi connectivity index (χ4n) is 1.95. The summed E-state index contributed by atoms with van der Waals surface area (Å²) in [6.45, 7) is 6.42. The van der Waals surface area contributed by atoms with Gasteiger partial charge in [0.25, 0.3) is 0 Å². The summed E-state index contributed by atoms with van der Waals surface area (Å²) in [5, 5.41) is 11.8. The van der Waals surface area contributed by atoms with Crippen molar-refractivity contribution in [2.75, 3.05) is 7.11 Å². The van der Waals surface area contributed by atoms with Gasteiger partial charge in [0.1, 0.15) is 5.75 Å². The first-order valence-electron chi connectivity index (χ1n) is 6.46. The van der Waals surface area contributed by atoms with E-state index in [0.29, 0.717) is 0 Å². The molecule has 1 N–H and O–H groups in total. The summed E-state index contributed by atoms with van der Waals surface area (Å²) in [4.78, 5) is 1.69. The summed E-state index contributed by atoms with van der Waals surface area (Å²) in [7, 11) is 1.69. The summed E-state index contributed by atoms with van der Waals surface area (Å²) < 4.78 is 5.25. The van der Waals surface area contributed by atoms with Crippen LogP contribution in [0.2, 0.25) is 0 Å². The van der Waals surface area contributed by atoms with Gasteiger partial charge in [-0.15, -0.1) is 0 Å². The number of benzene rings is 1. The zero-order valence-corrected chi connectivity index (χ0v) is 11.7. The van der Waals surface area contributed by atoms with Crippen LogP contribution in [0, 0.1) is 6.92 Å². The molecule has 5 heteroatoms. The fraction of sp³-hybridized carbons (Fsp3) is 0.429. The largest absolute Gasteiger partial charge is 0.496 e. The van der Waals surface area contributed by atoms with Crippen molar-refractivity contribution in [1.29, 1.82) is 0 Å². The van der Waals surface area contributed by atoms with Gasteiger partial charge in [-0.1, -0.05) is 12.1 Å². The van der Waals surface area contributed by atoms with Gasteiger partial charge in [-0.2, -0.15) is 15.0 Å². The van der Waals surface area contributed by atoms with Gasteiger partial charge in [-0.05, 0) is 31.0 Å². The molecule has 0 radical (unpaired) electrons. The molecule has 0 unspecified atom stereocenters. The van der Waals surface area contributed by atoms with Crippen LogP contribution in [0.25, 0.3) is 0 Å². The molecule has 0 bridgehead atoms. The van der Waals surface area contributed by atoms with Crippen molar-refractivity contribution in [1.82, 2.24) is 20.3 Å². The van der Waals surface area contributed by atoms with Gasteiger partial charge < -0.3 is 10.1 Å².